The van der Waals surface area contributed by atoms with Gasteiger partial charge in [0.1, 0.15) is 0 Å². The number of carbonyl (C=O) groups excluding carboxylic acids is 1. The summed E-state index contributed by atoms with van der Waals surface area (Å²) in [5.74, 6) is 0.844. The van der Waals surface area contributed by atoms with Gasteiger partial charge in [0.2, 0.25) is 5.91 Å². The summed E-state index contributed by atoms with van der Waals surface area (Å²) in [6, 6.07) is 8.05. The van der Waals surface area contributed by atoms with Gasteiger partial charge in [-0.3, -0.25) is 4.79 Å². The fourth-order valence-electron chi connectivity index (χ4n) is 3.47. The number of hydrogen-bond acceptors (Lipinski definition) is 2. The van der Waals surface area contributed by atoms with Gasteiger partial charge in [-0.25, -0.2) is 0 Å². The van der Waals surface area contributed by atoms with E-state index in [0.717, 1.165) is 37.4 Å². The molecule has 1 aliphatic rings. The van der Waals surface area contributed by atoms with Crippen molar-refractivity contribution in [3.05, 3.63) is 34.9 Å². The van der Waals surface area contributed by atoms with Crippen molar-refractivity contribution in [2.45, 2.75) is 51.4 Å². The predicted octanol–water partition coefficient (Wildman–Crippen LogP) is 4.33. The highest BCUT2D eigenvalue weighted by atomic mass is 35.5. The molecule has 136 valence electrons. The van der Waals surface area contributed by atoms with E-state index in [9.17, 15) is 4.79 Å². The molecule has 5 heteroatoms. The van der Waals surface area contributed by atoms with Gasteiger partial charge in [0.15, 0.2) is 0 Å². The Balaban J connectivity index is 0.00000288. The maximum Gasteiger partial charge on any atom is 0.220 e. The first kappa shape index (κ1) is 21.3. The number of halogens is 2. The van der Waals surface area contributed by atoms with E-state index in [1.807, 2.05) is 12.1 Å². The Morgan fingerprint density at radius 3 is 2.50 bits per heavy atom. The summed E-state index contributed by atoms with van der Waals surface area (Å²) in [5, 5.41) is 7.28. The third-order valence-corrected chi connectivity index (χ3v) is 5.63. The third kappa shape index (κ3) is 5.65. The first-order valence-corrected chi connectivity index (χ1v) is 9.21. The van der Waals surface area contributed by atoms with Gasteiger partial charge in [-0.1, -0.05) is 37.6 Å². The highest BCUT2D eigenvalue weighted by Crippen LogP contribution is 2.32. The van der Waals surface area contributed by atoms with Gasteiger partial charge in [-0.05, 0) is 62.4 Å². The van der Waals surface area contributed by atoms with Crippen LogP contribution in [0.1, 0.15) is 51.5 Å². The van der Waals surface area contributed by atoms with Crippen LogP contribution in [-0.4, -0.2) is 25.5 Å². The summed E-state index contributed by atoms with van der Waals surface area (Å²) in [6.07, 6.45) is 4.82. The summed E-state index contributed by atoms with van der Waals surface area (Å²) in [7, 11) is 0. The lowest BCUT2D eigenvalue weighted by atomic mass is 9.76. The third-order valence-electron chi connectivity index (χ3n) is 5.38. The molecule has 1 amide bonds. The lowest BCUT2D eigenvalue weighted by Gasteiger charge is -2.33. The first-order chi connectivity index (χ1) is 11.1. The van der Waals surface area contributed by atoms with Gasteiger partial charge in [0.05, 0.1) is 0 Å². The Labute approximate surface area is 157 Å². The summed E-state index contributed by atoms with van der Waals surface area (Å²) in [4.78, 5) is 12.2. The minimum Gasteiger partial charge on any atom is -0.355 e. The van der Waals surface area contributed by atoms with Crippen LogP contribution in [0.4, 0.5) is 0 Å². The molecule has 0 saturated carbocycles. The zero-order valence-corrected chi connectivity index (χ0v) is 16.3. The van der Waals surface area contributed by atoms with E-state index in [-0.39, 0.29) is 23.7 Å². The molecule has 1 aliphatic heterocycles. The van der Waals surface area contributed by atoms with Gasteiger partial charge < -0.3 is 10.6 Å². The summed E-state index contributed by atoms with van der Waals surface area (Å²) in [5.41, 5.74) is 1.25. The second-order valence-electron chi connectivity index (χ2n) is 6.67. The molecule has 1 saturated heterocycles. The van der Waals surface area contributed by atoms with Crippen molar-refractivity contribution in [3.63, 3.8) is 0 Å². The van der Waals surface area contributed by atoms with Crippen LogP contribution < -0.4 is 10.6 Å². The largest absolute Gasteiger partial charge is 0.355 e. The first-order valence-electron chi connectivity index (χ1n) is 8.83. The molecular formula is C19H30Cl2N2O. The van der Waals surface area contributed by atoms with Crippen LogP contribution in [0, 0.1) is 5.92 Å². The second-order valence-corrected chi connectivity index (χ2v) is 7.10. The molecule has 0 spiro atoms. The van der Waals surface area contributed by atoms with Crippen molar-refractivity contribution in [1.29, 1.82) is 0 Å². The fraction of sp³-hybridized carbons (Fsp3) is 0.632. The molecule has 1 atom stereocenters. The van der Waals surface area contributed by atoms with E-state index in [4.69, 9.17) is 11.6 Å². The van der Waals surface area contributed by atoms with E-state index in [2.05, 4.69) is 36.6 Å². The molecule has 0 aliphatic carbocycles. The average molecular weight is 373 g/mol. The Morgan fingerprint density at radius 1 is 1.29 bits per heavy atom. The van der Waals surface area contributed by atoms with Crippen LogP contribution in [0.15, 0.2) is 24.3 Å². The van der Waals surface area contributed by atoms with Crippen LogP contribution in [0.25, 0.3) is 0 Å². The quantitative estimate of drug-likeness (QED) is 0.712. The van der Waals surface area contributed by atoms with Crippen molar-refractivity contribution < 1.29 is 4.79 Å². The number of amides is 1. The SMILES string of the molecule is CCC(CC)(CNC(=O)CCC1CCNC1)c1ccc(Cl)cc1.Cl. The van der Waals surface area contributed by atoms with Crippen LogP contribution in [-0.2, 0) is 10.2 Å². The van der Waals surface area contributed by atoms with Gasteiger partial charge in [0, 0.05) is 23.4 Å². The van der Waals surface area contributed by atoms with Crippen molar-refractivity contribution >= 4 is 29.9 Å². The smallest absolute Gasteiger partial charge is 0.220 e. The molecular weight excluding hydrogens is 343 g/mol. The minimum absolute atomic E-state index is 0. The van der Waals surface area contributed by atoms with Gasteiger partial charge >= 0.3 is 0 Å². The van der Waals surface area contributed by atoms with E-state index in [1.54, 1.807) is 0 Å². The number of benzene rings is 1. The average Bonchev–Trinajstić information content (AvgIpc) is 3.09. The summed E-state index contributed by atoms with van der Waals surface area (Å²) >= 11 is 6.00. The standard InChI is InChI=1S/C19H29ClN2O.ClH/c1-3-19(4-2,16-6-8-17(20)9-7-16)14-22-18(23)10-5-15-11-12-21-13-15;/h6-9,15,21H,3-5,10-14H2,1-2H3,(H,22,23);1H. The van der Waals surface area contributed by atoms with Crippen LogP contribution >= 0.6 is 24.0 Å². The van der Waals surface area contributed by atoms with Gasteiger partial charge in [0.25, 0.3) is 0 Å². The Hall–Kier alpha value is -0.770. The number of nitrogens with one attached hydrogen (secondary N) is 2. The zero-order chi connectivity index (χ0) is 16.7. The molecule has 0 aromatic heterocycles. The molecule has 2 rings (SSSR count). The minimum atomic E-state index is -0.00480. The summed E-state index contributed by atoms with van der Waals surface area (Å²) < 4.78 is 0. The lowest BCUT2D eigenvalue weighted by molar-refractivity contribution is -0.121. The van der Waals surface area contributed by atoms with Crippen LogP contribution in [0.3, 0.4) is 0 Å². The highest BCUT2D eigenvalue weighted by molar-refractivity contribution is 6.30. The molecule has 1 heterocycles. The van der Waals surface area contributed by atoms with Gasteiger partial charge in [-0.15, -0.1) is 12.4 Å². The molecule has 1 unspecified atom stereocenters. The van der Waals surface area contributed by atoms with E-state index in [0.29, 0.717) is 18.9 Å². The number of rotatable bonds is 8. The Kier molecular flexibility index (Phi) is 9.11. The molecule has 24 heavy (non-hydrogen) atoms. The normalized spacial score (nSPS) is 17.4. The Bertz CT molecular complexity index is 495. The van der Waals surface area contributed by atoms with E-state index < -0.39 is 0 Å². The molecule has 0 radical (unpaired) electrons. The van der Waals surface area contributed by atoms with E-state index in [1.165, 1.54) is 12.0 Å². The van der Waals surface area contributed by atoms with Crippen molar-refractivity contribution in [2.24, 2.45) is 5.92 Å². The topological polar surface area (TPSA) is 41.1 Å². The molecule has 1 aromatic rings. The van der Waals surface area contributed by atoms with Crippen molar-refractivity contribution in [1.82, 2.24) is 10.6 Å². The molecule has 1 aromatic carbocycles. The highest BCUT2D eigenvalue weighted by Gasteiger charge is 2.29. The maximum absolute atomic E-state index is 12.2. The van der Waals surface area contributed by atoms with E-state index >= 15 is 0 Å². The molecule has 0 bridgehead atoms. The fourth-order valence-corrected chi connectivity index (χ4v) is 3.59. The van der Waals surface area contributed by atoms with Crippen molar-refractivity contribution in [3.8, 4) is 0 Å². The number of carbonyl (C=O) groups is 1. The molecule has 1 fully saturated rings. The molecule has 3 nitrogen and oxygen atoms in total. The second kappa shape index (κ2) is 10.3. The lowest BCUT2D eigenvalue weighted by Crippen LogP contribution is -2.40. The monoisotopic (exact) mass is 372 g/mol. The Morgan fingerprint density at radius 2 is 1.96 bits per heavy atom. The summed E-state index contributed by atoms with van der Waals surface area (Å²) in [6.45, 7) is 7.23. The van der Waals surface area contributed by atoms with Crippen LogP contribution in [0.5, 0.6) is 0 Å². The predicted molar refractivity (Wildman–Crippen MR) is 104 cm³/mol. The van der Waals surface area contributed by atoms with Crippen LogP contribution in [0.2, 0.25) is 5.02 Å². The maximum atomic E-state index is 12.2. The molecule has 2 N–H and O–H groups in total. The number of hydrogen-bond donors (Lipinski definition) is 2. The van der Waals surface area contributed by atoms with Crippen molar-refractivity contribution in [2.75, 3.05) is 19.6 Å². The van der Waals surface area contributed by atoms with Gasteiger partial charge in [-0.2, -0.15) is 0 Å². The zero-order valence-electron chi connectivity index (χ0n) is 14.7.